The lowest BCUT2D eigenvalue weighted by Crippen LogP contribution is -2.42. The summed E-state index contributed by atoms with van der Waals surface area (Å²) in [6, 6.07) is 6.05. The Morgan fingerprint density at radius 2 is 1.62 bits per heavy atom. The Labute approximate surface area is 142 Å². The average Bonchev–Trinajstić information content (AvgIpc) is 2.92. The molecule has 4 nitrogen and oxygen atoms in total. The maximum absolute atomic E-state index is 13.0. The van der Waals surface area contributed by atoms with Crippen molar-refractivity contribution in [3.05, 3.63) is 30.1 Å². The predicted molar refractivity (Wildman–Crippen MR) is 91.1 cm³/mol. The molecule has 130 valence electrons. The molecule has 1 saturated carbocycles. The van der Waals surface area contributed by atoms with E-state index < -0.39 is 5.92 Å². The van der Waals surface area contributed by atoms with Crippen molar-refractivity contribution in [2.45, 2.75) is 57.4 Å². The van der Waals surface area contributed by atoms with E-state index in [1.54, 1.807) is 17.0 Å². The minimum Gasteiger partial charge on any atom is -0.353 e. The molecular formula is C19H25FN2O2. The van der Waals surface area contributed by atoms with Crippen molar-refractivity contribution in [2.75, 3.05) is 11.4 Å². The van der Waals surface area contributed by atoms with Crippen LogP contribution in [0.15, 0.2) is 24.3 Å². The highest BCUT2D eigenvalue weighted by Crippen LogP contribution is 2.26. The van der Waals surface area contributed by atoms with Crippen molar-refractivity contribution >= 4 is 17.5 Å². The minimum absolute atomic E-state index is 0.143. The summed E-state index contributed by atoms with van der Waals surface area (Å²) in [5, 5.41) is 3.09. The zero-order valence-corrected chi connectivity index (χ0v) is 14.0. The summed E-state index contributed by atoms with van der Waals surface area (Å²) < 4.78 is 13.0. The number of amides is 2. The molecule has 24 heavy (non-hydrogen) atoms. The first-order valence-corrected chi connectivity index (χ1v) is 9.02. The summed E-state index contributed by atoms with van der Waals surface area (Å²) in [6.07, 6.45) is 8.57. The number of benzene rings is 1. The Hall–Kier alpha value is -1.91. The lowest BCUT2D eigenvalue weighted by molar-refractivity contribution is -0.132. The molecule has 1 N–H and O–H groups in total. The van der Waals surface area contributed by atoms with Gasteiger partial charge in [0.15, 0.2) is 0 Å². The molecule has 2 fully saturated rings. The second-order valence-electron chi connectivity index (χ2n) is 6.86. The summed E-state index contributed by atoms with van der Waals surface area (Å²) in [4.78, 5) is 26.7. The van der Waals surface area contributed by atoms with Crippen LogP contribution in [0.25, 0.3) is 0 Å². The Bertz CT molecular complexity index is 580. The van der Waals surface area contributed by atoms with Gasteiger partial charge in [-0.3, -0.25) is 9.59 Å². The highest BCUT2D eigenvalue weighted by Gasteiger charge is 2.38. The van der Waals surface area contributed by atoms with Crippen LogP contribution in [0.5, 0.6) is 0 Å². The molecule has 1 atom stereocenters. The van der Waals surface area contributed by atoms with Crippen LogP contribution in [-0.2, 0) is 9.59 Å². The first-order valence-electron chi connectivity index (χ1n) is 9.02. The van der Waals surface area contributed by atoms with E-state index in [0.717, 1.165) is 25.7 Å². The van der Waals surface area contributed by atoms with Crippen LogP contribution < -0.4 is 10.2 Å². The summed E-state index contributed by atoms with van der Waals surface area (Å²) in [6.45, 7) is 0.507. The molecule has 1 saturated heterocycles. The maximum atomic E-state index is 13.0. The number of hydrogen-bond acceptors (Lipinski definition) is 2. The van der Waals surface area contributed by atoms with Gasteiger partial charge >= 0.3 is 0 Å². The quantitative estimate of drug-likeness (QED) is 0.863. The predicted octanol–water partition coefficient (Wildman–Crippen LogP) is 3.41. The Kier molecular flexibility index (Phi) is 5.48. The van der Waals surface area contributed by atoms with Crippen LogP contribution in [0.2, 0.25) is 0 Å². The van der Waals surface area contributed by atoms with Crippen molar-refractivity contribution in [2.24, 2.45) is 5.92 Å². The van der Waals surface area contributed by atoms with Gasteiger partial charge in [-0.1, -0.05) is 32.1 Å². The fourth-order valence-electron chi connectivity index (χ4n) is 3.70. The number of carbonyl (C=O) groups is 2. The number of nitrogens with zero attached hydrogens (tertiary/aromatic N) is 1. The van der Waals surface area contributed by atoms with E-state index in [-0.39, 0.29) is 23.7 Å². The van der Waals surface area contributed by atoms with Gasteiger partial charge in [-0.2, -0.15) is 0 Å². The molecule has 1 aromatic rings. The monoisotopic (exact) mass is 332 g/mol. The van der Waals surface area contributed by atoms with Crippen LogP contribution in [-0.4, -0.2) is 24.4 Å². The lowest BCUT2D eigenvalue weighted by atomic mass is 9.96. The van der Waals surface area contributed by atoms with Gasteiger partial charge in [-0.15, -0.1) is 0 Å². The second-order valence-corrected chi connectivity index (χ2v) is 6.86. The summed E-state index contributed by atoms with van der Waals surface area (Å²) in [7, 11) is 0. The van der Waals surface area contributed by atoms with E-state index in [1.807, 2.05) is 0 Å². The van der Waals surface area contributed by atoms with Gasteiger partial charge in [-0.05, 0) is 43.5 Å². The molecule has 2 amide bonds. The van der Waals surface area contributed by atoms with Crippen LogP contribution >= 0.6 is 0 Å². The topological polar surface area (TPSA) is 49.4 Å². The highest BCUT2D eigenvalue weighted by molar-refractivity contribution is 6.09. The summed E-state index contributed by atoms with van der Waals surface area (Å²) >= 11 is 0. The fourth-order valence-corrected chi connectivity index (χ4v) is 3.70. The molecule has 0 unspecified atom stereocenters. The lowest BCUT2D eigenvalue weighted by Gasteiger charge is -2.22. The van der Waals surface area contributed by atoms with Crippen LogP contribution in [0.3, 0.4) is 0 Å². The van der Waals surface area contributed by atoms with Crippen molar-refractivity contribution in [1.29, 1.82) is 0 Å². The third-order valence-electron chi connectivity index (χ3n) is 5.11. The van der Waals surface area contributed by atoms with Gasteiger partial charge in [0.2, 0.25) is 11.8 Å². The molecule has 5 heteroatoms. The number of anilines is 1. The average molecular weight is 332 g/mol. The number of carbonyl (C=O) groups excluding carboxylic acids is 2. The molecule has 0 spiro atoms. The molecule has 1 aromatic carbocycles. The van der Waals surface area contributed by atoms with Gasteiger partial charge in [0.25, 0.3) is 0 Å². The number of halogens is 1. The van der Waals surface area contributed by atoms with Gasteiger partial charge in [0.1, 0.15) is 11.7 Å². The van der Waals surface area contributed by atoms with E-state index in [4.69, 9.17) is 0 Å². The zero-order valence-electron chi connectivity index (χ0n) is 14.0. The van der Waals surface area contributed by atoms with Gasteiger partial charge in [0, 0.05) is 18.3 Å². The molecule has 0 bridgehead atoms. The molecular weight excluding hydrogens is 307 g/mol. The van der Waals surface area contributed by atoms with E-state index in [9.17, 15) is 14.0 Å². The highest BCUT2D eigenvalue weighted by atomic mass is 19.1. The second kappa shape index (κ2) is 7.77. The Morgan fingerprint density at radius 3 is 2.29 bits per heavy atom. The largest absolute Gasteiger partial charge is 0.353 e. The molecule has 1 heterocycles. The molecule has 2 aliphatic rings. The Morgan fingerprint density at radius 1 is 1.00 bits per heavy atom. The normalized spacial score (nSPS) is 23.0. The van der Waals surface area contributed by atoms with E-state index in [1.165, 1.54) is 31.4 Å². The van der Waals surface area contributed by atoms with Crippen LogP contribution in [0, 0.1) is 11.7 Å². The molecule has 0 aromatic heterocycles. The van der Waals surface area contributed by atoms with Crippen LogP contribution in [0.4, 0.5) is 10.1 Å². The minimum atomic E-state index is -0.611. The molecule has 1 aliphatic heterocycles. The Balaban J connectivity index is 1.59. The molecule has 0 radical (unpaired) electrons. The van der Waals surface area contributed by atoms with Crippen molar-refractivity contribution < 1.29 is 14.0 Å². The fraction of sp³-hybridized carbons (Fsp3) is 0.579. The summed E-state index contributed by atoms with van der Waals surface area (Å²) in [5.74, 6) is -1.26. The molecule has 3 rings (SSSR count). The third kappa shape index (κ3) is 3.94. The van der Waals surface area contributed by atoms with Crippen molar-refractivity contribution in [3.8, 4) is 0 Å². The van der Waals surface area contributed by atoms with E-state index in [0.29, 0.717) is 18.7 Å². The maximum Gasteiger partial charge on any atom is 0.239 e. The molecule has 1 aliphatic carbocycles. The third-order valence-corrected chi connectivity index (χ3v) is 5.11. The SMILES string of the molecule is O=C(NC1CCCCCCC1)[C@H]1CCN(c2ccc(F)cc2)C1=O. The van der Waals surface area contributed by atoms with Crippen molar-refractivity contribution in [3.63, 3.8) is 0 Å². The number of hydrogen-bond donors (Lipinski definition) is 1. The number of nitrogens with one attached hydrogen (secondary N) is 1. The van der Waals surface area contributed by atoms with E-state index >= 15 is 0 Å². The van der Waals surface area contributed by atoms with Crippen molar-refractivity contribution in [1.82, 2.24) is 5.32 Å². The van der Waals surface area contributed by atoms with Gasteiger partial charge < -0.3 is 10.2 Å². The zero-order chi connectivity index (χ0) is 16.9. The standard InChI is InChI=1S/C19H25FN2O2/c20-14-8-10-16(11-9-14)22-13-12-17(19(22)24)18(23)21-15-6-4-2-1-3-5-7-15/h8-11,15,17H,1-7,12-13H2,(H,21,23)/t17-/m1/s1. The smallest absolute Gasteiger partial charge is 0.239 e. The van der Waals surface area contributed by atoms with Crippen LogP contribution in [0.1, 0.15) is 51.4 Å². The van der Waals surface area contributed by atoms with Gasteiger partial charge in [0.05, 0.1) is 0 Å². The summed E-state index contributed by atoms with van der Waals surface area (Å²) in [5.41, 5.74) is 0.655. The van der Waals surface area contributed by atoms with Gasteiger partial charge in [-0.25, -0.2) is 4.39 Å². The first-order chi connectivity index (χ1) is 11.6. The van der Waals surface area contributed by atoms with E-state index in [2.05, 4.69) is 5.32 Å². The number of rotatable bonds is 3. The first kappa shape index (κ1) is 16.9.